The highest BCUT2D eigenvalue weighted by Crippen LogP contribution is 2.38. The second-order valence-corrected chi connectivity index (χ2v) is 8.73. The molecule has 0 bridgehead atoms. The van der Waals surface area contributed by atoms with Gasteiger partial charge in [-0.05, 0) is 47.7 Å². The van der Waals surface area contributed by atoms with Crippen LogP contribution in [0.15, 0.2) is 66.9 Å². The first-order valence-corrected chi connectivity index (χ1v) is 12.3. The lowest BCUT2D eigenvalue weighted by atomic mass is 9.87. The Morgan fingerprint density at radius 3 is 2.42 bits per heavy atom. The second-order valence-electron chi connectivity index (χ2n) is 8.73. The third-order valence-electron chi connectivity index (χ3n) is 6.68. The summed E-state index contributed by atoms with van der Waals surface area (Å²) in [4.78, 5) is 16.6. The fourth-order valence-corrected chi connectivity index (χ4v) is 4.80. The number of ether oxygens (including phenoxy) is 3. The average molecular weight is 487 g/mol. The van der Waals surface area contributed by atoms with Gasteiger partial charge in [-0.15, -0.1) is 0 Å². The molecule has 1 heterocycles. The van der Waals surface area contributed by atoms with Crippen LogP contribution < -0.4 is 19.5 Å². The van der Waals surface area contributed by atoms with Crippen molar-refractivity contribution >= 4 is 16.8 Å². The summed E-state index contributed by atoms with van der Waals surface area (Å²) in [6.45, 7) is 2.68. The Labute approximate surface area is 212 Å². The van der Waals surface area contributed by atoms with Gasteiger partial charge in [0.1, 0.15) is 5.75 Å². The quantitative estimate of drug-likeness (QED) is 0.288. The second kappa shape index (κ2) is 11.7. The van der Waals surface area contributed by atoms with Gasteiger partial charge in [-0.25, -0.2) is 0 Å². The molecule has 36 heavy (non-hydrogen) atoms. The molecule has 0 saturated carbocycles. The van der Waals surface area contributed by atoms with Gasteiger partial charge in [0.05, 0.1) is 21.3 Å². The molecule has 3 aromatic carbocycles. The average Bonchev–Trinajstić information content (AvgIpc) is 3.35. The first-order valence-electron chi connectivity index (χ1n) is 12.3. The van der Waals surface area contributed by atoms with Crippen molar-refractivity contribution in [1.29, 1.82) is 0 Å². The predicted octanol–water partition coefficient (Wildman–Crippen LogP) is 5.64. The summed E-state index contributed by atoms with van der Waals surface area (Å²) >= 11 is 0. The van der Waals surface area contributed by atoms with Gasteiger partial charge < -0.3 is 24.5 Å². The van der Waals surface area contributed by atoms with E-state index >= 15 is 0 Å². The number of aromatic nitrogens is 1. The van der Waals surface area contributed by atoms with E-state index in [0.717, 1.165) is 39.8 Å². The van der Waals surface area contributed by atoms with E-state index in [9.17, 15) is 4.79 Å². The number of nitrogens with one attached hydrogen (secondary N) is 2. The van der Waals surface area contributed by atoms with E-state index in [-0.39, 0.29) is 11.8 Å². The van der Waals surface area contributed by atoms with Gasteiger partial charge in [-0.3, -0.25) is 4.79 Å². The summed E-state index contributed by atoms with van der Waals surface area (Å²) in [5.41, 5.74) is 5.55. The van der Waals surface area contributed by atoms with Crippen molar-refractivity contribution in [1.82, 2.24) is 10.3 Å². The molecular weight excluding hydrogens is 452 g/mol. The van der Waals surface area contributed by atoms with Crippen LogP contribution in [0.5, 0.6) is 17.2 Å². The van der Waals surface area contributed by atoms with Crippen LogP contribution in [0.4, 0.5) is 0 Å². The number of hydrogen-bond donors (Lipinski definition) is 2. The number of methoxy groups -OCH3 is 3. The molecule has 0 aliphatic heterocycles. The Morgan fingerprint density at radius 2 is 1.67 bits per heavy atom. The smallest absolute Gasteiger partial charge is 0.220 e. The van der Waals surface area contributed by atoms with Gasteiger partial charge in [0.25, 0.3) is 0 Å². The molecule has 1 atom stereocenters. The van der Waals surface area contributed by atoms with Crippen LogP contribution in [-0.4, -0.2) is 38.8 Å². The highest BCUT2D eigenvalue weighted by Gasteiger charge is 2.24. The molecule has 0 saturated heterocycles. The zero-order valence-corrected chi connectivity index (χ0v) is 21.4. The molecule has 2 N–H and O–H groups in total. The van der Waals surface area contributed by atoms with Gasteiger partial charge in [0.2, 0.25) is 5.91 Å². The number of aromatic amines is 1. The van der Waals surface area contributed by atoms with E-state index in [2.05, 4.69) is 35.4 Å². The largest absolute Gasteiger partial charge is 0.496 e. The van der Waals surface area contributed by atoms with Crippen LogP contribution in [0.3, 0.4) is 0 Å². The van der Waals surface area contributed by atoms with Gasteiger partial charge in [-0.1, -0.05) is 49.4 Å². The first-order chi connectivity index (χ1) is 17.6. The molecule has 6 nitrogen and oxygen atoms in total. The minimum Gasteiger partial charge on any atom is -0.496 e. The monoisotopic (exact) mass is 486 g/mol. The van der Waals surface area contributed by atoms with Crippen molar-refractivity contribution in [3.05, 3.63) is 89.1 Å². The Bertz CT molecular complexity index is 1330. The molecule has 0 aliphatic rings. The molecule has 0 fully saturated rings. The lowest BCUT2D eigenvalue weighted by Gasteiger charge is -2.20. The van der Waals surface area contributed by atoms with E-state index in [4.69, 9.17) is 14.2 Å². The minimum atomic E-state index is -0.150. The molecule has 4 aromatic rings. The van der Waals surface area contributed by atoms with Crippen LogP contribution in [0.25, 0.3) is 10.9 Å². The summed E-state index contributed by atoms with van der Waals surface area (Å²) in [6, 6.07) is 20.1. The zero-order valence-electron chi connectivity index (χ0n) is 21.4. The third-order valence-corrected chi connectivity index (χ3v) is 6.68. The van der Waals surface area contributed by atoms with Crippen LogP contribution >= 0.6 is 0 Å². The number of rotatable bonds is 11. The van der Waals surface area contributed by atoms with Crippen molar-refractivity contribution in [3.63, 3.8) is 0 Å². The summed E-state index contributed by atoms with van der Waals surface area (Å²) < 4.78 is 16.4. The van der Waals surface area contributed by atoms with Crippen LogP contribution in [0.2, 0.25) is 0 Å². The number of H-pyrrole nitrogens is 1. The topological polar surface area (TPSA) is 72.6 Å². The van der Waals surface area contributed by atoms with E-state index in [0.29, 0.717) is 30.9 Å². The molecule has 188 valence electrons. The number of carbonyl (C=O) groups excluding carboxylic acids is 1. The normalized spacial score (nSPS) is 11.8. The van der Waals surface area contributed by atoms with Gasteiger partial charge in [0, 0.05) is 41.5 Å². The minimum absolute atomic E-state index is 0.00706. The van der Waals surface area contributed by atoms with Crippen molar-refractivity contribution in [3.8, 4) is 17.2 Å². The molecule has 0 radical (unpaired) electrons. The molecular formula is C30H34N2O4. The summed E-state index contributed by atoms with van der Waals surface area (Å²) in [7, 11) is 4.91. The molecule has 1 amide bonds. The molecule has 4 rings (SSSR count). The van der Waals surface area contributed by atoms with Crippen molar-refractivity contribution in [2.75, 3.05) is 27.9 Å². The van der Waals surface area contributed by atoms with Gasteiger partial charge in [0.15, 0.2) is 11.5 Å². The van der Waals surface area contributed by atoms with E-state index < -0.39 is 0 Å². The number of fused-ring (bicyclic) bond motifs is 1. The highest BCUT2D eigenvalue weighted by molar-refractivity contribution is 5.88. The number of para-hydroxylation sites is 2. The molecule has 0 spiro atoms. The van der Waals surface area contributed by atoms with Gasteiger partial charge in [-0.2, -0.15) is 0 Å². The number of hydrogen-bond acceptors (Lipinski definition) is 4. The first kappa shape index (κ1) is 25.2. The Hall–Kier alpha value is -3.93. The highest BCUT2D eigenvalue weighted by atomic mass is 16.5. The summed E-state index contributed by atoms with van der Waals surface area (Å²) in [5, 5.41) is 4.25. The molecule has 0 aliphatic carbocycles. The third kappa shape index (κ3) is 5.33. The maximum atomic E-state index is 13.2. The van der Waals surface area contributed by atoms with E-state index in [1.807, 2.05) is 48.7 Å². The van der Waals surface area contributed by atoms with Crippen molar-refractivity contribution < 1.29 is 19.0 Å². The summed E-state index contributed by atoms with van der Waals surface area (Å²) in [6.07, 6.45) is 3.99. The fourth-order valence-electron chi connectivity index (χ4n) is 4.80. The standard InChI is InChI=1S/C30H34N2O4/c1-5-21-9-8-11-23-25(19-32-30(21)23)24(22-10-6-7-12-26(22)34-2)18-29(33)31-16-15-20-13-14-27(35-3)28(17-20)36-4/h6-14,17,19,24,32H,5,15-16,18H2,1-4H3,(H,31,33)/t24-/m1/s1. The van der Waals surface area contributed by atoms with Crippen molar-refractivity contribution in [2.24, 2.45) is 0 Å². The maximum Gasteiger partial charge on any atom is 0.220 e. The van der Waals surface area contributed by atoms with E-state index in [1.165, 1.54) is 5.56 Å². The maximum absolute atomic E-state index is 13.2. The number of amides is 1. The lowest BCUT2D eigenvalue weighted by molar-refractivity contribution is -0.121. The Balaban J connectivity index is 1.55. The number of carbonyl (C=O) groups is 1. The Morgan fingerprint density at radius 1 is 0.889 bits per heavy atom. The fraction of sp³-hybridized carbons (Fsp3) is 0.300. The Kier molecular flexibility index (Phi) is 8.16. The predicted molar refractivity (Wildman–Crippen MR) is 143 cm³/mol. The van der Waals surface area contributed by atoms with Gasteiger partial charge >= 0.3 is 0 Å². The number of aryl methyl sites for hydroxylation is 1. The van der Waals surface area contributed by atoms with Crippen LogP contribution in [0, 0.1) is 0 Å². The molecule has 0 unspecified atom stereocenters. The van der Waals surface area contributed by atoms with Crippen LogP contribution in [-0.2, 0) is 17.6 Å². The summed E-state index contributed by atoms with van der Waals surface area (Å²) in [5.74, 6) is 2.00. The lowest BCUT2D eigenvalue weighted by Crippen LogP contribution is -2.27. The van der Waals surface area contributed by atoms with Crippen LogP contribution in [0.1, 0.15) is 41.5 Å². The zero-order chi connectivity index (χ0) is 25.5. The SMILES string of the molecule is CCc1cccc2c([C@H](CC(=O)NCCc3ccc(OC)c(OC)c3)c3ccccc3OC)c[nH]c12. The molecule has 6 heteroatoms. The van der Waals surface area contributed by atoms with Crippen molar-refractivity contribution in [2.45, 2.75) is 32.1 Å². The van der Waals surface area contributed by atoms with E-state index in [1.54, 1.807) is 21.3 Å². The molecule has 1 aromatic heterocycles. The number of benzene rings is 3.